The van der Waals surface area contributed by atoms with Gasteiger partial charge < -0.3 is 0 Å². The van der Waals surface area contributed by atoms with Crippen molar-refractivity contribution in [2.45, 2.75) is 6.42 Å². The number of halogens is 1. The highest BCUT2D eigenvalue weighted by molar-refractivity contribution is 6.32. The maximum absolute atomic E-state index is 12.5. The number of rotatable bonds is 2. The Kier molecular flexibility index (Phi) is 3.36. The molecule has 0 spiro atoms. The first-order valence-corrected chi connectivity index (χ1v) is 7.74. The molecule has 0 unspecified atom stereocenters. The molecule has 1 aliphatic carbocycles. The number of hydrogen-bond acceptors (Lipinski definition) is 2. The van der Waals surface area contributed by atoms with Gasteiger partial charge in [-0.25, -0.2) is 4.68 Å². The third-order valence-electron chi connectivity index (χ3n) is 4.01. The quantitative estimate of drug-likeness (QED) is 0.658. The molecule has 1 heterocycles. The lowest BCUT2D eigenvalue weighted by atomic mass is 10.1. The van der Waals surface area contributed by atoms with E-state index in [1.807, 2.05) is 60.7 Å². The highest BCUT2D eigenvalue weighted by Crippen LogP contribution is 2.28. The van der Waals surface area contributed by atoms with Crippen molar-refractivity contribution in [1.82, 2.24) is 9.78 Å². The van der Waals surface area contributed by atoms with Gasteiger partial charge in [0.1, 0.15) is 0 Å². The van der Waals surface area contributed by atoms with Crippen molar-refractivity contribution in [3.8, 4) is 5.69 Å². The first-order valence-electron chi connectivity index (χ1n) is 7.36. The van der Waals surface area contributed by atoms with Gasteiger partial charge in [0.25, 0.3) is 0 Å². The molecule has 0 aliphatic heterocycles. The number of fused-ring (bicyclic) bond motifs is 1. The van der Waals surface area contributed by atoms with Gasteiger partial charge >= 0.3 is 0 Å². The minimum atomic E-state index is 0.0903. The fourth-order valence-corrected chi connectivity index (χ4v) is 3.11. The molecule has 0 bridgehead atoms. The van der Waals surface area contributed by atoms with Crippen molar-refractivity contribution in [2.24, 2.45) is 0 Å². The van der Waals surface area contributed by atoms with Gasteiger partial charge in [-0.05, 0) is 29.8 Å². The van der Waals surface area contributed by atoms with Crippen molar-refractivity contribution in [3.63, 3.8) is 0 Å². The molecular formula is C19H13ClN2O. The van der Waals surface area contributed by atoms with Crippen LogP contribution in [0.4, 0.5) is 0 Å². The number of hydrogen-bond donors (Lipinski definition) is 0. The van der Waals surface area contributed by atoms with Gasteiger partial charge in [-0.2, -0.15) is 5.10 Å². The largest absolute Gasteiger partial charge is 0.289 e. The van der Waals surface area contributed by atoms with E-state index in [0.717, 1.165) is 28.1 Å². The maximum Gasteiger partial charge on any atom is 0.189 e. The van der Waals surface area contributed by atoms with Crippen molar-refractivity contribution in [2.75, 3.05) is 0 Å². The molecule has 0 amide bonds. The van der Waals surface area contributed by atoms with Gasteiger partial charge in [0.05, 0.1) is 22.6 Å². The van der Waals surface area contributed by atoms with E-state index >= 15 is 0 Å². The number of nitrogens with zero attached hydrogens (tertiary/aromatic N) is 2. The highest BCUT2D eigenvalue weighted by Gasteiger charge is 2.24. The number of allylic oxidation sites excluding steroid dienone is 1. The minimum absolute atomic E-state index is 0.0903. The summed E-state index contributed by atoms with van der Waals surface area (Å²) in [6.45, 7) is 0. The molecule has 0 atom stereocenters. The van der Waals surface area contributed by atoms with E-state index in [0.29, 0.717) is 11.4 Å². The maximum atomic E-state index is 12.5. The normalized spacial score (nSPS) is 15.2. The van der Waals surface area contributed by atoms with Crippen LogP contribution in [0.15, 0.2) is 66.4 Å². The Labute approximate surface area is 138 Å². The molecule has 3 nitrogen and oxygen atoms in total. The first-order chi connectivity index (χ1) is 11.2. The standard InChI is InChI=1S/C19H13ClN2O/c20-17-7-3-4-8-18(17)22-15(9-10-21-22)12-14-11-13-5-1-2-6-16(13)19(14)23/h1-10,12H,11H2/b14-12+. The molecule has 23 heavy (non-hydrogen) atoms. The molecule has 0 radical (unpaired) electrons. The fraction of sp³-hybridized carbons (Fsp3) is 0.0526. The Balaban J connectivity index is 1.76. The first kappa shape index (κ1) is 14.0. The lowest BCUT2D eigenvalue weighted by molar-refractivity contribution is 0.104. The van der Waals surface area contributed by atoms with Crippen LogP contribution < -0.4 is 0 Å². The van der Waals surface area contributed by atoms with Gasteiger partial charge in [0.15, 0.2) is 5.78 Å². The SMILES string of the molecule is O=C1/C(=C/c2ccnn2-c2ccccc2Cl)Cc2ccccc21. The van der Waals surface area contributed by atoms with Gasteiger partial charge in [0, 0.05) is 17.6 Å². The van der Waals surface area contributed by atoms with E-state index in [-0.39, 0.29) is 5.78 Å². The van der Waals surface area contributed by atoms with Crippen molar-refractivity contribution in [1.29, 1.82) is 0 Å². The predicted molar refractivity (Wildman–Crippen MR) is 91.0 cm³/mol. The van der Waals surface area contributed by atoms with Crippen LogP contribution in [-0.2, 0) is 6.42 Å². The molecule has 0 saturated heterocycles. The molecule has 1 aromatic heterocycles. The van der Waals surface area contributed by atoms with Gasteiger partial charge in [-0.15, -0.1) is 0 Å². The Morgan fingerprint density at radius 3 is 2.65 bits per heavy atom. The summed E-state index contributed by atoms with van der Waals surface area (Å²) < 4.78 is 1.76. The van der Waals surface area contributed by atoms with Crippen LogP contribution in [0.3, 0.4) is 0 Å². The molecule has 3 aromatic rings. The predicted octanol–water partition coefficient (Wildman–Crippen LogP) is 4.35. The summed E-state index contributed by atoms with van der Waals surface area (Å²) in [5, 5.41) is 4.96. The van der Waals surface area contributed by atoms with Crippen LogP contribution in [0.1, 0.15) is 21.6 Å². The molecule has 0 N–H and O–H groups in total. The molecule has 112 valence electrons. The molecule has 0 saturated carbocycles. The molecule has 1 aliphatic rings. The number of Topliss-reactive ketones (excluding diaryl/α,β-unsaturated/α-hetero) is 1. The van der Waals surface area contributed by atoms with E-state index in [4.69, 9.17) is 11.6 Å². The fourth-order valence-electron chi connectivity index (χ4n) is 2.90. The van der Waals surface area contributed by atoms with E-state index in [1.165, 1.54) is 0 Å². The zero-order chi connectivity index (χ0) is 15.8. The number of aromatic nitrogens is 2. The van der Waals surface area contributed by atoms with E-state index in [1.54, 1.807) is 10.9 Å². The van der Waals surface area contributed by atoms with Gasteiger partial charge in [-0.1, -0.05) is 48.0 Å². The number of carbonyl (C=O) groups excluding carboxylic acids is 1. The monoisotopic (exact) mass is 320 g/mol. The van der Waals surface area contributed by atoms with E-state index in [2.05, 4.69) is 5.10 Å². The summed E-state index contributed by atoms with van der Waals surface area (Å²) >= 11 is 6.26. The van der Waals surface area contributed by atoms with E-state index in [9.17, 15) is 4.79 Å². The third-order valence-corrected chi connectivity index (χ3v) is 4.33. The number of benzene rings is 2. The highest BCUT2D eigenvalue weighted by atomic mass is 35.5. The summed E-state index contributed by atoms with van der Waals surface area (Å²) in [5.41, 5.74) is 4.29. The molecule has 0 fully saturated rings. The second-order valence-corrected chi connectivity index (χ2v) is 5.86. The average molecular weight is 321 g/mol. The Morgan fingerprint density at radius 2 is 1.83 bits per heavy atom. The van der Waals surface area contributed by atoms with Gasteiger partial charge in [-0.3, -0.25) is 4.79 Å². The van der Waals surface area contributed by atoms with Crippen molar-refractivity contribution >= 4 is 23.5 Å². The summed E-state index contributed by atoms with van der Waals surface area (Å²) in [5.74, 6) is 0.0903. The molecular weight excluding hydrogens is 308 g/mol. The Morgan fingerprint density at radius 1 is 1.04 bits per heavy atom. The summed E-state index contributed by atoms with van der Waals surface area (Å²) in [6, 6.07) is 17.1. The van der Waals surface area contributed by atoms with Gasteiger partial charge in [0.2, 0.25) is 0 Å². The topological polar surface area (TPSA) is 34.9 Å². The summed E-state index contributed by atoms with van der Waals surface area (Å²) in [7, 11) is 0. The van der Waals surface area contributed by atoms with Crippen molar-refractivity contribution in [3.05, 3.63) is 88.2 Å². The number of para-hydroxylation sites is 1. The lowest BCUT2D eigenvalue weighted by Gasteiger charge is -2.07. The lowest BCUT2D eigenvalue weighted by Crippen LogP contribution is -2.01. The van der Waals surface area contributed by atoms with E-state index < -0.39 is 0 Å². The van der Waals surface area contributed by atoms with Crippen LogP contribution in [0.5, 0.6) is 0 Å². The van der Waals surface area contributed by atoms with Crippen LogP contribution in [0.2, 0.25) is 5.02 Å². The molecule has 4 rings (SSSR count). The van der Waals surface area contributed by atoms with Crippen LogP contribution in [0.25, 0.3) is 11.8 Å². The summed E-state index contributed by atoms with van der Waals surface area (Å²) in [6.07, 6.45) is 4.27. The second kappa shape index (κ2) is 5.52. The van der Waals surface area contributed by atoms with Crippen molar-refractivity contribution < 1.29 is 4.79 Å². The summed E-state index contributed by atoms with van der Waals surface area (Å²) in [4.78, 5) is 12.5. The second-order valence-electron chi connectivity index (χ2n) is 5.45. The molecule has 4 heteroatoms. The number of ketones is 1. The third kappa shape index (κ3) is 2.39. The van der Waals surface area contributed by atoms with Crippen LogP contribution in [0, 0.1) is 0 Å². The smallest absolute Gasteiger partial charge is 0.189 e. The number of carbonyl (C=O) groups is 1. The zero-order valence-corrected chi connectivity index (χ0v) is 13.0. The molecule has 2 aromatic carbocycles. The Bertz CT molecular complexity index is 940. The Hall–Kier alpha value is -2.65. The minimum Gasteiger partial charge on any atom is -0.289 e. The zero-order valence-electron chi connectivity index (χ0n) is 12.2. The van der Waals surface area contributed by atoms with Crippen LogP contribution >= 0.6 is 11.6 Å². The van der Waals surface area contributed by atoms with Crippen LogP contribution in [-0.4, -0.2) is 15.6 Å². The average Bonchev–Trinajstić information content (AvgIpc) is 3.14.